The number of hydrogen-bond acceptors (Lipinski definition) is 5. The first kappa shape index (κ1) is 14.0. The van der Waals surface area contributed by atoms with E-state index in [1.807, 2.05) is 0 Å². The number of hydrogen-bond donors (Lipinski definition) is 1. The molecule has 2 unspecified atom stereocenters. The number of carbonyl (C=O) groups excluding carboxylic acids is 1. The summed E-state index contributed by atoms with van der Waals surface area (Å²) in [6.45, 7) is 3.17. The number of carbonyl (C=O) groups is 1. The highest BCUT2D eigenvalue weighted by Crippen LogP contribution is 2.29. The van der Waals surface area contributed by atoms with Crippen molar-refractivity contribution in [1.29, 1.82) is 0 Å². The van der Waals surface area contributed by atoms with Gasteiger partial charge in [-0.15, -0.1) is 5.10 Å². The molecule has 6 nitrogen and oxygen atoms in total. The van der Waals surface area contributed by atoms with E-state index in [0.29, 0.717) is 19.0 Å². The van der Waals surface area contributed by atoms with Gasteiger partial charge in [0, 0.05) is 6.54 Å². The van der Waals surface area contributed by atoms with Crippen molar-refractivity contribution in [2.75, 3.05) is 6.54 Å². The summed E-state index contributed by atoms with van der Waals surface area (Å²) in [5.41, 5.74) is 5.70. The van der Waals surface area contributed by atoms with Crippen LogP contribution in [0.3, 0.4) is 0 Å². The van der Waals surface area contributed by atoms with Crippen molar-refractivity contribution in [2.24, 2.45) is 11.7 Å². The lowest BCUT2D eigenvalue weighted by Gasteiger charge is -2.30. The van der Waals surface area contributed by atoms with Crippen molar-refractivity contribution in [3.63, 3.8) is 0 Å². The van der Waals surface area contributed by atoms with E-state index in [9.17, 15) is 4.79 Å². The summed E-state index contributed by atoms with van der Waals surface area (Å²) in [5.74, 6) is 0.116. The van der Waals surface area contributed by atoms with Gasteiger partial charge < -0.3 is 10.5 Å². The number of rotatable bonds is 5. The number of aromatic nitrogens is 3. The molecule has 1 aliphatic carbocycles. The summed E-state index contributed by atoms with van der Waals surface area (Å²) < 4.78 is 7.15. The summed E-state index contributed by atoms with van der Waals surface area (Å²) in [5, 5.41) is 7.68. The van der Waals surface area contributed by atoms with E-state index in [1.54, 1.807) is 10.9 Å². The van der Waals surface area contributed by atoms with Crippen LogP contribution in [0.1, 0.15) is 49.5 Å². The molecule has 2 atom stereocenters. The van der Waals surface area contributed by atoms with Gasteiger partial charge in [0.15, 0.2) is 5.69 Å². The average Bonchev–Trinajstić information content (AvgIpc) is 2.88. The molecule has 0 saturated heterocycles. The van der Waals surface area contributed by atoms with Crippen LogP contribution in [0.25, 0.3) is 0 Å². The second-order valence-corrected chi connectivity index (χ2v) is 5.05. The van der Waals surface area contributed by atoms with E-state index < -0.39 is 0 Å². The van der Waals surface area contributed by atoms with Crippen LogP contribution in [-0.4, -0.2) is 33.6 Å². The van der Waals surface area contributed by atoms with Gasteiger partial charge in [-0.2, -0.15) is 0 Å². The zero-order chi connectivity index (χ0) is 13.7. The second kappa shape index (κ2) is 6.65. The molecule has 0 bridgehead atoms. The normalized spacial score (nSPS) is 23.3. The molecule has 0 radical (unpaired) electrons. The highest BCUT2D eigenvalue weighted by molar-refractivity contribution is 5.86. The quantitative estimate of drug-likeness (QED) is 0.814. The Hall–Kier alpha value is -1.43. The van der Waals surface area contributed by atoms with Gasteiger partial charge in [-0.1, -0.05) is 18.6 Å². The van der Waals surface area contributed by atoms with Crippen LogP contribution >= 0.6 is 0 Å². The molecular weight excluding hydrogens is 244 g/mol. The van der Waals surface area contributed by atoms with Gasteiger partial charge in [0.1, 0.15) is 6.10 Å². The predicted molar refractivity (Wildman–Crippen MR) is 70.5 cm³/mol. The number of nitrogens with two attached hydrogens (primary N) is 1. The van der Waals surface area contributed by atoms with Gasteiger partial charge in [0.25, 0.3) is 0 Å². The minimum atomic E-state index is -0.367. The fourth-order valence-electron chi connectivity index (χ4n) is 2.63. The third-order valence-electron chi connectivity index (χ3n) is 3.73. The molecule has 1 aromatic heterocycles. The van der Waals surface area contributed by atoms with Crippen molar-refractivity contribution in [1.82, 2.24) is 15.0 Å². The topological polar surface area (TPSA) is 83.0 Å². The lowest BCUT2D eigenvalue weighted by Crippen LogP contribution is -2.29. The third kappa shape index (κ3) is 3.53. The van der Waals surface area contributed by atoms with Gasteiger partial charge in [-0.3, -0.25) is 4.68 Å². The van der Waals surface area contributed by atoms with Gasteiger partial charge in [0.05, 0.1) is 12.7 Å². The van der Waals surface area contributed by atoms with Crippen LogP contribution in [0.5, 0.6) is 0 Å². The monoisotopic (exact) mass is 266 g/mol. The maximum Gasteiger partial charge on any atom is 0.360 e. The number of nitrogens with zero attached hydrogens (tertiary/aromatic N) is 3. The molecule has 1 saturated carbocycles. The molecule has 0 aliphatic heterocycles. The van der Waals surface area contributed by atoms with Crippen molar-refractivity contribution in [2.45, 2.75) is 51.7 Å². The highest BCUT2D eigenvalue weighted by Gasteiger charge is 2.28. The van der Waals surface area contributed by atoms with Gasteiger partial charge in [0.2, 0.25) is 0 Å². The van der Waals surface area contributed by atoms with Crippen molar-refractivity contribution >= 4 is 5.97 Å². The molecule has 1 fully saturated rings. The first-order valence-corrected chi connectivity index (χ1v) is 7.05. The van der Waals surface area contributed by atoms with Crippen LogP contribution < -0.4 is 5.73 Å². The summed E-state index contributed by atoms with van der Waals surface area (Å²) in [7, 11) is 0. The minimum Gasteiger partial charge on any atom is -0.457 e. The molecule has 0 spiro atoms. The Bertz CT molecular complexity index is 419. The molecule has 0 aromatic carbocycles. The van der Waals surface area contributed by atoms with Gasteiger partial charge in [-0.05, 0) is 31.6 Å². The Balaban J connectivity index is 1.95. The summed E-state index contributed by atoms with van der Waals surface area (Å²) in [6, 6.07) is 0. The second-order valence-electron chi connectivity index (χ2n) is 5.05. The Morgan fingerprint density at radius 3 is 3.05 bits per heavy atom. The first-order valence-electron chi connectivity index (χ1n) is 7.05. The standard InChI is InChI=1S/C13H22N4O2/c1-2-10-5-3-4-6-12(10)19-13(18)11-9-17(8-7-14)16-15-11/h9-10,12H,2-8,14H2,1H3. The smallest absolute Gasteiger partial charge is 0.360 e. The average molecular weight is 266 g/mol. The van der Waals surface area contributed by atoms with Gasteiger partial charge in [-0.25, -0.2) is 4.79 Å². The molecule has 2 rings (SSSR count). The molecule has 1 heterocycles. The Morgan fingerprint density at radius 1 is 1.53 bits per heavy atom. The van der Waals surface area contributed by atoms with Crippen LogP contribution in [0.4, 0.5) is 0 Å². The molecule has 106 valence electrons. The maximum atomic E-state index is 12.0. The SMILES string of the molecule is CCC1CCCCC1OC(=O)c1cn(CCN)nn1. The maximum absolute atomic E-state index is 12.0. The molecule has 2 N–H and O–H groups in total. The summed E-state index contributed by atoms with van der Waals surface area (Å²) in [4.78, 5) is 12.0. The molecule has 19 heavy (non-hydrogen) atoms. The summed E-state index contributed by atoms with van der Waals surface area (Å²) >= 11 is 0. The van der Waals surface area contributed by atoms with Crippen molar-refractivity contribution < 1.29 is 9.53 Å². The predicted octanol–water partition coefficient (Wildman–Crippen LogP) is 1.36. The Morgan fingerprint density at radius 2 is 2.32 bits per heavy atom. The molecule has 0 amide bonds. The van der Waals surface area contributed by atoms with E-state index >= 15 is 0 Å². The highest BCUT2D eigenvalue weighted by atomic mass is 16.5. The van der Waals surface area contributed by atoms with E-state index in [1.165, 1.54) is 6.42 Å². The van der Waals surface area contributed by atoms with Crippen LogP contribution in [0.15, 0.2) is 6.20 Å². The number of esters is 1. The zero-order valence-electron chi connectivity index (χ0n) is 11.4. The third-order valence-corrected chi connectivity index (χ3v) is 3.73. The van der Waals surface area contributed by atoms with Gasteiger partial charge >= 0.3 is 5.97 Å². The molecule has 1 aliphatic rings. The van der Waals surface area contributed by atoms with E-state index in [4.69, 9.17) is 10.5 Å². The minimum absolute atomic E-state index is 0.0332. The van der Waals surface area contributed by atoms with Crippen LogP contribution in [-0.2, 0) is 11.3 Å². The van der Waals surface area contributed by atoms with Crippen LogP contribution in [0.2, 0.25) is 0 Å². The summed E-state index contributed by atoms with van der Waals surface area (Å²) in [6.07, 6.45) is 7.16. The Kier molecular flexibility index (Phi) is 4.90. The number of ether oxygens (including phenoxy) is 1. The fourth-order valence-corrected chi connectivity index (χ4v) is 2.63. The lowest BCUT2D eigenvalue weighted by atomic mass is 9.85. The van der Waals surface area contributed by atoms with Crippen molar-refractivity contribution in [3.05, 3.63) is 11.9 Å². The van der Waals surface area contributed by atoms with Crippen molar-refractivity contribution in [3.8, 4) is 0 Å². The molecule has 6 heteroatoms. The largest absolute Gasteiger partial charge is 0.457 e. The van der Waals surface area contributed by atoms with Crippen LogP contribution in [0, 0.1) is 5.92 Å². The first-order chi connectivity index (χ1) is 9.24. The molecular formula is C13H22N4O2. The molecule has 1 aromatic rings. The van der Waals surface area contributed by atoms with E-state index in [0.717, 1.165) is 25.7 Å². The fraction of sp³-hybridized carbons (Fsp3) is 0.769. The van der Waals surface area contributed by atoms with E-state index in [2.05, 4.69) is 17.2 Å². The zero-order valence-corrected chi connectivity index (χ0v) is 11.4. The Labute approximate surface area is 113 Å². The van der Waals surface area contributed by atoms with E-state index in [-0.39, 0.29) is 17.8 Å². The lowest BCUT2D eigenvalue weighted by molar-refractivity contribution is 0.000103.